The van der Waals surface area contributed by atoms with Crippen molar-refractivity contribution in [1.82, 2.24) is 20.6 Å². The highest BCUT2D eigenvalue weighted by Crippen LogP contribution is 2.11. The van der Waals surface area contributed by atoms with E-state index in [1.165, 1.54) is 0 Å². The second-order valence-electron chi connectivity index (χ2n) is 5.43. The number of aromatic nitrogens is 2. The Morgan fingerprint density at radius 1 is 1.35 bits per heavy atom. The van der Waals surface area contributed by atoms with Gasteiger partial charge in [-0.2, -0.15) is 0 Å². The first-order valence-corrected chi connectivity index (χ1v) is 7.34. The third kappa shape index (κ3) is 5.07. The molecule has 2 atom stereocenters. The summed E-state index contributed by atoms with van der Waals surface area (Å²) >= 11 is 0. The molecule has 6 nitrogen and oxygen atoms in total. The lowest BCUT2D eigenvalue weighted by Gasteiger charge is -2.29. The fourth-order valence-electron chi connectivity index (χ4n) is 2.63. The molecule has 4 N–H and O–H groups in total. The number of benzene rings is 1. The van der Waals surface area contributed by atoms with Crippen LogP contribution in [0.3, 0.4) is 0 Å². The maximum Gasteiger partial charge on any atom is 0.220 e. The van der Waals surface area contributed by atoms with E-state index >= 15 is 0 Å². The van der Waals surface area contributed by atoms with Gasteiger partial charge in [-0.05, 0) is 25.1 Å². The van der Waals surface area contributed by atoms with E-state index in [9.17, 15) is 9.90 Å². The average molecular weight is 361 g/mol. The number of para-hydroxylation sites is 2. The molecule has 0 spiro atoms. The predicted molar refractivity (Wildman–Crippen MR) is 94.3 cm³/mol. The van der Waals surface area contributed by atoms with Crippen LogP contribution in [-0.4, -0.2) is 46.2 Å². The van der Waals surface area contributed by atoms with E-state index < -0.39 is 6.10 Å². The third-order valence-electron chi connectivity index (χ3n) is 3.82. The van der Waals surface area contributed by atoms with Gasteiger partial charge >= 0.3 is 0 Å². The number of aliphatic hydroxyl groups is 1. The van der Waals surface area contributed by atoms with Gasteiger partial charge in [0.2, 0.25) is 5.91 Å². The minimum atomic E-state index is -0.457. The molecule has 1 aromatic heterocycles. The van der Waals surface area contributed by atoms with Crippen LogP contribution in [0.4, 0.5) is 0 Å². The molecule has 128 valence electrons. The fraction of sp³-hybridized carbons (Fsp3) is 0.467. The number of nitrogens with zero attached hydrogens (tertiary/aromatic N) is 1. The Labute approximate surface area is 147 Å². The van der Waals surface area contributed by atoms with Gasteiger partial charge in [-0.15, -0.1) is 24.8 Å². The first kappa shape index (κ1) is 19.7. The van der Waals surface area contributed by atoms with Gasteiger partial charge in [0, 0.05) is 19.4 Å². The third-order valence-corrected chi connectivity index (χ3v) is 3.82. The lowest BCUT2D eigenvalue weighted by Crippen LogP contribution is -2.53. The summed E-state index contributed by atoms with van der Waals surface area (Å²) in [5.74, 6) is 0.761. The minimum Gasteiger partial charge on any atom is -0.391 e. The van der Waals surface area contributed by atoms with Crippen LogP contribution in [0.1, 0.15) is 18.7 Å². The van der Waals surface area contributed by atoms with Gasteiger partial charge < -0.3 is 20.7 Å². The summed E-state index contributed by atoms with van der Waals surface area (Å²) in [6.07, 6.45) is 1.15. The number of aryl methyl sites for hydroxylation is 1. The van der Waals surface area contributed by atoms with E-state index in [1.54, 1.807) is 0 Å². The number of halogens is 2. The average Bonchev–Trinajstić information content (AvgIpc) is 2.90. The van der Waals surface area contributed by atoms with Gasteiger partial charge in [0.25, 0.3) is 0 Å². The van der Waals surface area contributed by atoms with Gasteiger partial charge in [0.15, 0.2) is 0 Å². The maximum absolute atomic E-state index is 12.0. The largest absolute Gasteiger partial charge is 0.391 e. The van der Waals surface area contributed by atoms with Crippen molar-refractivity contribution in [1.29, 1.82) is 0 Å². The maximum atomic E-state index is 12.0. The van der Waals surface area contributed by atoms with Gasteiger partial charge in [0.05, 0.1) is 23.2 Å². The zero-order chi connectivity index (χ0) is 14.7. The lowest BCUT2D eigenvalue weighted by molar-refractivity contribution is -0.122. The standard InChI is InChI=1S/C15H20N4O2.2ClH/c20-13-7-8-16-9-12(13)19-15(21)6-5-14-17-10-3-1-2-4-11(10)18-14;;/h1-4,12-13,16,20H,5-9H2,(H,17,18)(H,19,21);2*1H/t12-,13+;;/m0../s1. The number of nitrogens with one attached hydrogen (secondary N) is 3. The lowest BCUT2D eigenvalue weighted by atomic mass is 10.0. The number of rotatable bonds is 4. The van der Waals surface area contributed by atoms with Crippen LogP contribution in [0, 0.1) is 0 Å². The molecular weight excluding hydrogens is 339 g/mol. The van der Waals surface area contributed by atoms with E-state index in [4.69, 9.17) is 0 Å². The van der Waals surface area contributed by atoms with E-state index in [0.29, 0.717) is 25.8 Å². The highest BCUT2D eigenvalue weighted by atomic mass is 35.5. The van der Waals surface area contributed by atoms with Crippen LogP contribution >= 0.6 is 24.8 Å². The van der Waals surface area contributed by atoms with Gasteiger partial charge in [-0.25, -0.2) is 4.98 Å². The van der Waals surface area contributed by atoms with E-state index in [-0.39, 0.29) is 36.8 Å². The van der Waals surface area contributed by atoms with E-state index in [0.717, 1.165) is 23.4 Å². The van der Waals surface area contributed by atoms with Crippen molar-refractivity contribution in [2.75, 3.05) is 13.1 Å². The topological polar surface area (TPSA) is 90.0 Å². The van der Waals surface area contributed by atoms with Crippen molar-refractivity contribution < 1.29 is 9.90 Å². The number of H-pyrrole nitrogens is 1. The zero-order valence-electron chi connectivity index (χ0n) is 12.6. The highest BCUT2D eigenvalue weighted by molar-refractivity contribution is 5.85. The summed E-state index contributed by atoms with van der Waals surface area (Å²) in [5.41, 5.74) is 1.90. The van der Waals surface area contributed by atoms with Crippen molar-refractivity contribution in [2.45, 2.75) is 31.4 Å². The molecule has 0 bridgehead atoms. The van der Waals surface area contributed by atoms with Gasteiger partial charge in [0.1, 0.15) is 5.82 Å². The summed E-state index contributed by atoms with van der Waals surface area (Å²) < 4.78 is 0. The molecule has 1 fully saturated rings. The van der Waals surface area contributed by atoms with Crippen LogP contribution in [0.25, 0.3) is 11.0 Å². The van der Waals surface area contributed by atoms with Crippen LogP contribution in [0.5, 0.6) is 0 Å². The zero-order valence-corrected chi connectivity index (χ0v) is 14.3. The predicted octanol–water partition coefficient (Wildman–Crippen LogP) is 1.18. The Balaban J connectivity index is 0.00000132. The molecule has 1 amide bonds. The quantitative estimate of drug-likeness (QED) is 0.658. The number of hydrogen-bond acceptors (Lipinski definition) is 4. The summed E-state index contributed by atoms with van der Waals surface area (Å²) in [6.45, 7) is 1.42. The molecule has 2 heterocycles. The minimum absolute atomic E-state index is 0. The van der Waals surface area contributed by atoms with Crippen molar-refractivity contribution in [2.24, 2.45) is 0 Å². The van der Waals surface area contributed by atoms with Gasteiger partial charge in [-0.3, -0.25) is 4.79 Å². The second kappa shape index (κ2) is 9.08. The molecular formula is C15H22Cl2N4O2. The molecule has 2 aromatic rings. The number of aromatic amines is 1. The number of fused-ring (bicyclic) bond motifs is 1. The number of aliphatic hydroxyl groups excluding tert-OH is 1. The molecule has 1 aliphatic rings. The Morgan fingerprint density at radius 3 is 2.87 bits per heavy atom. The first-order valence-electron chi connectivity index (χ1n) is 7.34. The first-order chi connectivity index (χ1) is 10.2. The Bertz CT molecular complexity index is 602. The molecule has 0 saturated carbocycles. The van der Waals surface area contributed by atoms with Crippen molar-refractivity contribution >= 4 is 41.8 Å². The summed E-state index contributed by atoms with van der Waals surface area (Å²) in [7, 11) is 0. The second-order valence-corrected chi connectivity index (χ2v) is 5.43. The van der Waals surface area contributed by atoms with Crippen molar-refractivity contribution in [3.05, 3.63) is 30.1 Å². The Kier molecular flexibility index (Phi) is 7.78. The highest BCUT2D eigenvalue weighted by Gasteiger charge is 2.24. The van der Waals surface area contributed by atoms with E-state index in [1.807, 2.05) is 24.3 Å². The van der Waals surface area contributed by atoms with Crippen LogP contribution in [0.2, 0.25) is 0 Å². The summed E-state index contributed by atoms with van der Waals surface area (Å²) in [4.78, 5) is 19.6. The Morgan fingerprint density at radius 2 is 2.13 bits per heavy atom. The molecule has 0 unspecified atom stereocenters. The summed E-state index contributed by atoms with van der Waals surface area (Å²) in [6, 6.07) is 7.61. The molecule has 0 radical (unpaired) electrons. The molecule has 1 aromatic carbocycles. The van der Waals surface area contributed by atoms with Crippen molar-refractivity contribution in [3.63, 3.8) is 0 Å². The monoisotopic (exact) mass is 360 g/mol. The molecule has 1 saturated heterocycles. The molecule has 8 heteroatoms. The van der Waals surface area contributed by atoms with E-state index in [2.05, 4.69) is 20.6 Å². The number of amides is 1. The van der Waals surface area contributed by atoms with Crippen LogP contribution < -0.4 is 10.6 Å². The fourth-order valence-corrected chi connectivity index (χ4v) is 2.63. The smallest absolute Gasteiger partial charge is 0.220 e. The SMILES string of the molecule is Cl.Cl.O=C(CCc1nc2ccccc2[nH]1)N[C@H]1CNCC[C@H]1O. The molecule has 1 aliphatic heterocycles. The number of imidazole rings is 1. The normalized spacial score (nSPS) is 20.4. The molecule has 23 heavy (non-hydrogen) atoms. The number of carbonyl (C=O) groups is 1. The summed E-state index contributed by atoms with van der Waals surface area (Å²) in [5, 5.41) is 15.9. The van der Waals surface area contributed by atoms with Crippen LogP contribution in [0.15, 0.2) is 24.3 Å². The van der Waals surface area contributed by atoms with Crippen molar-refractivity contribution in [3.8, 4) is 0 Å². The van der Waals surface area contributed by atoms with Gasteiger partial charge in [-0.1, -0.05) is 12.1 Å². The number of carbonyl (C=O) groups excluding carboxylic acids is 1. The van der Waals surface area contributed by atoms with Crippen LogP contribution in [-0.2, 0) is 11.2 Å². The molecule has 0 aliphatic carbocycles. The number of piperidine rings is 1. The Hall–Kier alpha value is -1.34. The number of hydrogen-bond donors (Lipinski definition) is 4. The molecule has 3 rings (SSSR count).